The van der Waals surface area contributed by atoms with E-state index in [1.54, 1.807) is 0 Å². The van der Waals surface area contributed by atoms with E-state index in [0.717, 1.165) is 23.1 Å². The van der Waals surface area contributed by atoms with Gasteiger partial charge in [-0.2, -0.15) is 12.6 Å². The first kappa shape index (κ1) is 15.9. The molecule has 0 spiro atoms. The topological polar surface area (TPSA) is 26.3 Å². The molecule has 0 saturated carbocycles. The molecule has 3 heteroatoms. The maximum Gasteiger partial charge on any atom is 0.338 e. The van der Waals surface area contributed by atoms with E-state index in [1.165, 1.54) is 5.56 Å². The van der Waals surface area contributed by atoms with Gasteiger partial charge in [0.25, 0.3) is 0 Å². The normalized spacial score (nSPS) is 11.1. The molecule has 0 atom stereocenters. The number of fused-ring (bicyclic) bond motifs is 1. The lowest BCUT2D eigenvalue weighted by molar-refractivity contribution is 0.0527. The second kappa shape index (κ2) is 6.99. The Hall–Kier alpha value is -1.48. The molecule has 0 aromatic carbocycles. The van der Waals surface area contributed by atoms with Gasteiger partial charge in [0.15, 0.2) is 0 Å². The van der Waals surface area contributed by atoms with Crippen molar-refractivity contribution >= 4 is 18.6 Å². The zero-order chi connectivity index (χ0) is 15.4. The van der Waals surface area contributed by atoms with Crippen molar-refractivity contribution in [1.82, 2.24) is 0 Å². The summed E-state index contributed by atoms with van der Waals surface area (Å²) in [6.07, 6.45) is 0.954. The predicted octanol–water partition coefficient (Wildman–Crippen LogP) is 4.60. The Kier molecular flexibility index (Phi) is 5.29. The summed E-state index contributed by atoms with van der Waals surface area (Å²) in [6.45, 7) is 6.60. The lowest BCUT2D eigenvalue weighted by atomic mass is 10.0. The molecular formula is C18H22O2S. The average Bonchev–Trinajstić information content (AvgIpc) is 2.64. The van der Waals surface area contributed by atoms with Crippen LogP contribution >= 0.6 is 12.6 Å². The van der Waals surface area contributed by atoms with Gasteiger partial charge in [0.1, 0.15) is 0 Å². The fourth-order valence-corrected chi connectivity index (χ4v) is 2.76. The first-order valence-corrected chi connectivity index (χ1v) is 8.02. The van der Waals surface area contributed by atoms with Gasteiger partial charge in [-0.05, 0) is 47.6 Å². The highest BCUT2D eigenvalue weighted by molar-refractivity contribution is 7.79. The monoisotopic (exact) mass is 302 g/mol. The van der Waals surface area contributed by atoms with Crippen LogP contribution in [0.4, 0.5) is 0 Å². The lowest BCUT2D eigenvalue weighted by Gasteiger charge is -2.04. The van der Waals surface area contributed by atoms with Crippen molar-refractivity contribution in [2.24, 2.45) is 5.92 Å². The smallest absolute Gasteiger partial charge is 0.338 e. The van der Waals surface area contributed by atoms with Gasteiger partial charge < -0.3 is 4.74 Å². The third kappa shape index (κ3) is 3.59. The van der Waals surface area contributed by atoms with Crippen molar-refractivity contribution in [1.29, 1.82) is 0 Å². The van der Waals surface area contributed by atoms with Crippen LogP contribution in [0.5, 0.6) is 0 Å². The second-order valence-electron chi connectivity index (χ2n) is 5.63. The molecule has 0 saturated heterocycles. The number of rotatable bonds is 5. The molecule has 0 radical (unpaired) electrons. The van der Waals surface area contributed by atoms with Gasteiger partial charge in [0.05, 0.1) is 12.2 Å². The number of hydrogen-bond donors (Lipinski definition) is 1. The van der Waals surface area contributed by atoms with E-state index in [-0.39, 0.29) is 5.97 Å². The fraction of sp³-hybridized carbons (Fsp3) is 0.389. The summed E-state index contributed by atoms with van der Waals surface area (Å²) in [5.41, 5.74) is 5.13. The van der Waals surface area contributed by atoms with Gasteiger partial charge in [-0.25, -0.2) is 4.79 Å². The molecule has 2 aliphatic rings. The van der Waals surface area contributed by atoms with Crippen molar-refractivity contribution in [3.63, 3.8) is 0 Å². The molecule has 0 aromatic rings. The van der Waals surface area contributed by atoms with Gasteiger partial charge >= 0.3 is 5.97 Å². The van der Waals surface area contributed by atoms with E-state index in [0.29, 0.717) is 23.8 Å². The molecule has 0 aliphatic heterocycles. The number of ether oxygens (including phenoxy) is 1. The molecular weight excluding hydrogens is 280 g/mol. The van der Waals surface area contributed by atoms with E-state index in [1.807, 2.05) is 25.1 Å². The maximum atomic E-state index is 12.2. The van der Waals surface area contributed by atoms with Crippen molar-refractivity contribution < 1.29 is 9.53 Å². The predicted molar refractivity (Wildman–Crippen MR) is 90.3 cm³/mol. The van der Waals surface area contributed by atoms with Crippen LogP contribution in [0.1, 0.15) is 42.3 Å². The lowest BCUT2D eigenvalue weighted by Crippen LogP contribution is -2.03. The zero-order valence-electron chi connectivity index (χ0n) is 12.8. The second-order valence-corrected chi connectivity index (χ2v) is 5.94. The molecule has 2 rings (SSSR count). The van der Waals surface area contributed by atoms with Gasteiger partial charge in [0.2, 0.25) is 0 Å². The average molecular weight is 302 g/mol. The first-order chi connectivity index (χ1) is 10.1. The van der Waals surface area contributed by atoms with Gasteiger partial charge in [-0.15, -0.1) is 0 Å². The Morgan fingerprint density at radius 1 is 1.19 bits per heavy atom. The molecule has 0 unspecified atom stereocenters. The van der Waals surface area contributed by atoms with E-state index in [9.17, 15) is 4.79 Å². The summed E-state index contributed by atoms with van der Waals surface area (Å²) in [5.74, 6) is 0.988. The van der Waals surface area contributed by atoms with Crippen LogP contribution < -0.4 is 0 Å². The van der Waals surface area contributed by atoms with Crippen LogP contribution in [0.2, 0.25) is 0 Å². The molecule has 2 nitrogen and oxygen atoms in total. The van der Waals surface area contributed by atoms with Gasteiger partial charge in [-0.1, -0.05) is 38.1 Å². The number of thiol groups is 1. The van der Waals surface area contributed by atoms with Crippen molar-refractivity contribution in [2.75, 3.05) is 6.61 Å². The molecule has 0 aromatic heterocycles. The molecule has 21 heavy (non-hydrogen) atoms. The Morgan fingerprint density at radius 3 is 2.43 bits per heavy atom. The summed E-state index contributed by atoms with van der Waals surface area (Å²) in [5, 5.41) is 0. The van der Waals surface area contributed by atoms with Crippen molar-refractivity contribution in [3.8, 4) is 11.1 Å². The van der Waals surface area contributed by atoms with Crippen molar-refractivity contribution in [2.45, 2.75) is 32.9 Å². The first-order valence-electron chi connectivity index (χ1n) is 7.39. The Balaban J connectivity index is 2.56. The highest BCUT2D eigenvalue weighted by Crippen LogP contribution is 2.34. The van der Waals surface area contributed by atoms with Crippen LogP contribution in [0, 0.1) is 5.92 Å². The van der Waals surface area contributed by atoms with Crippen molar-refractivity contribution in [3.05, 3.63) is 47.0 Å². The summed E-state index contributed by atoms with van der Waals surface area (Å²) in [4.78, 5) is 12.2. The number of carbonyl (C=O) groups excluding carboxylic acids is 1. The minimum atomic E-state index is -0.240. The maximum absolute atomic E-state index is 12.2. The number of esters is 1. The molecule has 0 fully saturated rings. The third-order valence-corrected chi connectivity index (χ3v) is 3.84. The molecule has 0 N–H and O–H groups in total. The van der Waals surface area contributed by atoms with E-state index in [4.69, 9.17) is 4.74 Å². The SMILES string of the molecule is CCOC(=O)c1cc(CC(C)C)c2ccc(CS)ccc1-2. The van der Waals surface area contributed by atoms with Crippen LogP contribution in [-0.2, 0) is 16.9 Å². The Labute approximate surface area is 132 Å². The Bertz CT molecular complexity index is 605. The number of carbonyl (C=O) groups is 1. The number of hydrogen-bond acceptors (Lipinski definition) is 3. The molecule has 112 valence electrons. The molecule has 0 bridgehead atoms. The Morgan fingerprint density at radius 2 is 1.86 bits per heavy atom. The zero-order valence-corrected chi connectivity index (χ0v) is 13.7. The summed E-state index contributed by atoms with van der Waals surface area (Å²) < 4.78 is 5.19. The van der Waals surface area contributed by atoms with Crippen LogP contribution in [0.15, 0.2) is 30.3 Å². The standard InChI is InChI=1S/C18H22O2S/c1-4-20-18(19)17-10-14(9-12(2)3)15-7-5-13(11-21)6-8-16(15)17/h5-8,10,12,21H,4,9,11H2,1-3H3. The molecule has 2 aliphatic carbocycles. The fourth-order valence-electron chi connectivity index (χ4n) is 2.55. The minimum absolute atomic E-state index is 0.240. The van der Waals surface area contributed by atoms with Crippen LogP contribution in [-0.4, -0.2) is 12.6 Å². The van der Waals surface area contributed by atoms with Gasteiger partial charge in [0, 0.05) is 5.75 Å². The highest BCUT2D eigenvalue weighted by Gasteiger charge is 2.21. The van der Waals surface area contributed by atoms with Gasteiger partial charge in [-0.3, -0.25) is 0 Å². The van der Waals surface area contributed by atoms with E-state index < -0.39 is 0 Å². The largest absolute Gasteiger partial charge is 0.462 e. The quantitative estimate of drug-likeness (QED) is 0.645. The van der Waals surface area contributed by atoms with Crippen LogP contribution in [0.3, 0.4) is 0 Å². The molecule has 0 amide bonds. The highest BCUT2D eigenvalue weighted by atomic mass is 32.1. The summed E-state index contributed by atoms with van der Waals surface area (Å²) in [6, 6.07) is 10.2. The van der Waals surface area contributed by atoms with E-state index in [2.05, 4.69) is 38.6 Å². The summed E-state index contributed by atoms with van der Waals surface area (Å²) in [7, 11) is 0. The minimum Gasteiger partial charge on any atom is -0.462 e. The third-order valence-electron chi connectivity index (χ3n) is 3.48. The summed E-state index contributed by atoms with van der Waals surface area (Å²) >= 11 is 4.32. The molecule has 0 heterocycles. The van der Waals surface area contributed by atoms with E-state index >= 15 is 0 Å². The van der Waals surface area contributed by atoms with Crippen LogP contribution in [0.25, 0.3) is 11.1 Å².